The molecule has 0 aliphatic heterocycles. The van der Waals surface area contributed by atoms with E-state index >= 15 is 0 Å². The molecule has 0 fully saturated rings. The van der Waals surface area contributed by atoms with Crippen molar-refractivity contribution >= 4 is 5.69 Å². The van der Waals surface area contributed by atoms with Crippen LogP contribution in [0.3, 0.4) is 0 Å². The van der Waals surface area contributed by atoms with E-state index in [1.54, 1.807) is 0 Å². The zero-order valence-corrected chi connectivity index (χ0v) is 9.41. The zero-order valence-electron chi connectivity index (χ0n) is 9.41. The molecule has 2 rings (SSSR count). The Morgan fingerprint density at radius 3 is 2.47 bits per heavy atom. The first kappa shape index (κ1) is 13.1. The molecule has 0 unspecified atom stereocenters. The smallest absolute Gasteiger partial charge is 0.416 e. The van der Waals surface area contributed by atoms with E-state index in [-0.39, 0.29) is 17.3 Å². The highest BCUT2D eigenvalue weighted by Crippen LogP contribution is 2.31. The first-order chi connectivity index (χ1) is 8.86. The topological polar surface area (TPSA) is 48.1 Å². The van der Waals surface area contributed by atoms with Gasteiger partial charge >= 0.3 is 6.18 Å². The Kier molecular flexibility index (Phi) is 3.28. The van der Waals surface area contributed by atoms with Crippen LogP contribution >= 0.6 is 0 Å². The first-order valence-electron chi connectivity index (χ1n) is 5.12. The highest BCUT2D eigenvalue weighted by atomic mass is 19.4. The second kappa shape index (κ2) is 4.75. The minimum absolute atomic E-state index is 0.0125. The van der Waals surface area contributed by atoms with E-state index in [4.69, 9.17) is 10.5 Å². The van der Waals surface area contributed by atoms with Gasteiger partial charge in [-0.05, 0) is 18.2 Å². The second-order valence-electron chi connectivity index (χ2n) is 3.67. The fourth-order valence-corrected chi connectivity index (χ4v) is 1.33. The average Bonchev–Trinajstić information content (AvgIpc) is 2.33. The Labute approximate surface area is 105 Å². The van der Waals surface area contributed by atoms with Crippen molar-refractivity contribution < 1.29 is 22.3 Å². The Hall–Kier alpha value is -2.31. The molecule has 1 aromatic carbocycles. The van der Waals surface area contributed by atoms with Crippen molar-refractivity contribution in [2.24, 2.45) is 0 Å². The van der Waals surface area contributed by atoms with Crippen LogP contribution in [0.25, 0.3) is 0 Å². The molecule has 0 saturated heterocycles. The van der Waals surface area contributed by atoms with Crippen molar-refractivity contribution in [2.75, 3.05) is 5.73 Å². The van der Waals surface area contributed by atoms with Crippen molar-refractivity contribution in [1.29, 1.82) is 0 Å². The summed E-state index contributed by atoms with van der Waals surface area (Å²) in [4.78, 5) is 3.62. The molecule has 1 heterocycles. The van der Waals surface area contributed by atoms with Crippen LogP contribution < -0.4 is 10.5 Å². The third-order valence-corrected chi connectivity index (χ3v) is 2.26. The van der Waals surface area contributed by atoms with Gasteiger partial charge in [0.1, 0.15) is 11.6 Å². The third-order valence-electron chi connectivity index (χ3n) is 2.26. The van der Waals surface area contributed by atoms with Crippen molar-refractivity contribution in [2.45, 2.75) is 6.18 Å². The summed E-state index contributed by atoms with van der Waals surface area (Å²) in [5.41, 5.74) is 4.29. The predicted octanol–water partition coefficient (Wildman–Crippen LogP) is 3.61. The van der Waals surface area contributed by atoms with Crippen molar-refractivity contribution in [3.8, 4) is 11.6 Å². The molecule has 0 bridgehead atoms. The number of aromatic nitrogens is 1. The van der Waals surface area contributed by atoms with E-state index in [1.807, 2.05) is 0 Å². The molecule has 2 N–H and O–H groups in total. The van der Waals surface area contributed by atoms with Crippen LogP contribution in [0.5, 0.6) is 11.6 Å². The van der Waals surface area contributed by atoms with Gasteiger partial charge in [0.2, 0.25) is 5.88 Å². The SMILES string of the molecule is Nc1ccc(Oc2cc(C(F)(F)F)ccn2)cc1F. The van der Waals surface area contributed by atoms with Gasteiger partial charge in [-0.2, -0.15) is 13.2 Å². The Morgan fingerprint density at radius 2 is 1.84 bits per heavy atom. The minimum Gasteiger partial charge on any atom is -0.439 e. The molecular formula is C12H8F4N2O. The van der Waals surface area contributed by atoms with Gasteiger partial charge in [0.25, 0.3) is 0 Å². The van der Waals surface area contributed by atoms with Crippen LogP contribution in [-0.2, 0) is 6.18 Å². The second-order valence-corrected chi connectivity index (χ2v) is 3.67. The van der Waals surface area contributed by atoms with Gasteiger partial charge in [0.15, 0.2) is 0 Å². The highest BCUT2D eigenvalue weighted by Gasteiger charge is 2.31. The van der Waals surface area contributed by atoms with Crippen LogP contribution in [0.2, 0.25) is 0 Å². The lowest BCUT2D eigenvalue weighted by atomic mass is 10.2. The number of anilines is 1. The van der Waals surface area contributed by atoms with Crippen molar-refractivity contribution in [1.82, 2.24) is 4.98 Å². The number of ether oxygens (including phenoxy) is 1. The van der Waals surface area contributed by atoms with Gasteiger partial charge in [-0.1, -0.05) is 0 Å². The molecule has 19 heavy (non-hydrogen) atoms. The van der Waals surface area contributed by atoms with Gasteiger partial charge in [-0.25, -0.2) is 9.37 Å². The number of nitrogens with two attached hydrogens (primary N) is 1. The molecule has 7 heteroatoms. The van der Waals surface area contributed by atoms with Crippen molar-refractivity contribution in [3.05, 3.63) is 47.9 Å². The fraction of sp³-hybridized carbons (Fsp3) is 0.0833. The number of alkyl halides is 3. The maximum atomic E-state index is 13.1. The molecule has 0 aliphatic carbocycles. The summed E-state index contributed by atoms with van der Waals surface area (Å²) in [6.45, 7) is 0. The number of rotatable bonds is 2. The number of hydrogen-bond donors (Lipinski definition) is 1. The largest absolute Gasteiger partial charge is 0.439 e. The van der Waals surface area contributed by atoms with Crippen LogP contribution in [0, 0.1) is 5.82 Å². The van der Waals surface area contributed by atoms with E-state index < -0.39 is 17.6 Å². The van der Waals surface area contributed by atoms with E-state index in [2.05, 4.69) is 4.98 Å². The van der Waals surface area contributed by atoms with E-state index in [1.165, 1.54) is 12.1 Å². The summed E-state index contributed by atoms with van der Waals surface area (Å²) in [7, 11) is 0. The summed E-state index contributed by atoms with van der Waals surface area (Å²) >= 11 is 0. The van der Waals surface area contributed by atoms with Gasteiger partial charge in [0.05, 0.1) is 11.3 Å². The highest BCUT2D eigenvalue weighted by molar-refractivity contribution is 5.44. The summed E-state index contributed by atoms with van der Waals surface area (Å²) < 4.78 is 55.6. The van der Waals surface area contributed by atoms with E-state index in [0.29, 0.717) is 0 Å². The Bertz CT molecular complexity index is 599. The number of nitrogens with zero attached hydrogens (tertiary/aromatic N) is 1. The normalized spacial score (nSPS) is 11.4. The van der Waals surface area contributed by atoms with E-state index in [9.17, 15) is 17.6 Å². The Balaban J connectivity index is 2.26. The standard InChI is InChI=1S/C12H8F4N2O/c13-9-6-8(1-2-10(9)17)19-11-5-7(3-4-18-11)12(14,15)16/h1-6H,17H2. The molecule has 1 aromatic heterocycles. The van der Waals surface area contributed by atoms with Crippen LogP contribution in [0.4, 0.5) is 23.2 Å². The van der Waals surface area contributed by atoms with Crippen LogP contribution in [0.15, 0.2) is 36.5 Å². The summed E-state index contributed by atoms with van der Waals surface area (Å²) in [5.74, 6) is -0.984. The molecule has 0 amide bonds. The lowest BCUT2D eigenvalue weighted by Gasteiger charge is -2.09. The number of hydrogen-bond acceptors (Lipinski definition) is 3. The predicted molar refractivity (Wildman–Crippen MR) is 60.1 cm³/mol. The van der Waals surface area contributed by atoms with Crippen LogP contribution in [-0.4, -0.2) is 4.98 Å². The lowest BCUT2D eigenvalue weighted by molar-refractivity contribution is -0.137. The maximum absolute atomic E-state index is 13.1. The fourth-order valence-electron chi connectivity index (χ4n) is 1.33. The quantitative estimate of drug-likeness (QED) is 0.671. The first-order valence-corrected chi connectivity index (χ1v) is 5.12. The molecule has 2 aromatic rings. The molecule has 0 radical (unpaired) electrons. The van der Waals surface area contributed by atoms with Gasteiger partial charge < -0.3 is 10.5 Å². The van der Waals surface area contributed by atoms with Gasteiger partial charge in [-0.3, -0.25) is 0 Å². The maximum Gasteiger partial charge on any atom is 0.416 e. The average molecular weight is 272 g/mol. The number of nitrogen functional groups attached to an aromatic ring is 1. The van der Waals surface area contributed by atoms with Gasteiger partial charge in [0, 0.05) is 18.3 Å². The molecule has 0 atom stereocenters. The van der Waals surface area contributed by atoms with Gasteiger partial charge in [-0.15, -0.1) is 0 Å². The number of benzene rings is 1. The van der Waals surface area contributed by atoms with Crippen molar-refractivity contribution in [3.63, 3.8) is 0 Å². The number of pyridine rings is 1. The molecule has 100 valence electrons. The lowest BCUT2D eigenvalue weighted by Crippen LogP contribution is -2.05. The monoisotopic (exact) mass is 272 g/mol. The minimum atomic E-state index is -4.49. The molecule has 3 nitrogen and oxygen atoms in total. The number of halogens is 4. The molecule has 0 saturated carbocycles. The summed E-state index contributed by atoms with van der Waals surface area (Å²) in [5, 5.41) is 0. The van der Waals surface area contributed by atoms with Crippen LogP contribution in [0.1, 0.15) is 5.56 Å². The summed E-state index contributed by atoms with van der Waals surface area (Å²) in [6.07, 6.45) is -3.53. The molecule has 0 spiro atoms. The summed E-state index contributed by atoms with van der Waals surface area (Å²) in [6, 6.07) is 5.10. The van der Waals surface area contributed by atoms with E-state index in [0.717, 1.165) is 24.4 Å². The zero-order chi connectivity index (χ0) is 14.0. The molecular weight excluding hydrogens is 264 g/mol. The third kappa shape index (κ3) is 3.12. The Morgan fingerprint density at radius 1 is 1.11 bits per heavy atom. The molecule has 0 aliphatic rings.